The lowest BCUT2D eigenvalue weighted by molar-refractivity contribution is 0.214. The Morgan fingerprint density at radius 3 is 2.40 bits per heavy atom. The maximum Gasteiger partial charge on any atom is 0.222 e. The molecule has 190 valence electrons. The summed E-state index contributed by atoms with van der Waals surface area (Å²) < 4.78 is 6.66. The Kier molecular flexibility index (Phi) is 8.45. The van der Waals surface area contributed by atoms with Crippen molar-refractivity contribution in [3.05, 3.63) is 52.8 Å². The minimum Gasteiger partial charge on any atom is -0.414 e. The van der Waals surface area contributed by atoms with Gasteiger partial charge in [-0.1, -0.05) is 64.3 Å². The lowest BCUT2D eigenvalue weighted by Gasteiger charge is -2.40. The molecule has 0 aliphatic carbocycles. The largest absolute Gasteiger partial charge is 0.414 e. The van der Waals surface area contributed by atoms with Crippen LogP contribution in [0.3, 0.4) is 0 Å². The van der Waals surface area contributed by atoms with Gasteiger partial charge in [-0.15, -0.1) is 0 Å². The van der Waals surface area contributed by atoms with Crippen LogP contribution >= 0.6 is 11.6 Å². The van der Waals surface area contributed by atoms with E-state index in [-0.39, 0.29) is 16.5 Å². The molecule has 0 fully saturated rings. The van der Waals surface area contributed by atoms with Crippen molar-refractivity contribution >= 4 is 42.6 Å². The first kappa shape index (κ1) is 27.4. The molecular formula is C27H40ClN5OSi. The predicted octanol–water partition coefficient (Wildman–Crippen LogP) is 7.23. The summed E-state index contributed by atoms with van der Waals surface area (Å²) in [6.07, 6.45) is 5.63. The van der Waals surface area contributed by atoms with Gasteiger partial charge in [-0.05, 0) is 55.2 Å². The highest BCUT2D eigenvalue weighted by Crippen LogP contribution is 2.38. The number of nitrogens with two attached hydrogens (primary N) is 1. The van der Waals surface area contributed by atoms with Crippen LogP contribution in [0.1, 0.15) is 65.1 Å². The number of anilines is 2. The fourth-order valence-corrected chi connectivity index (χ4v) is 4.91. The summed E-state index contributed by atoms with van der Waals surface area (Å²) in [7, 11) is -1.91. The number of fused-ring (bicyclic) bond motifs is 1. The van der Waals surface area contributed by atoms with Gasteiger partial charge in [0.2, 0.25) is 5.95 Å². The second-order valence-corrected chi connectivity index (χ2v) is 16.5. The number of hydrogen-bond acceptors (Lipinski definition) is 6. The van der Waals surface area contributed by atoms with E-state index in [4.69, 9.17) is 21.8 Å². The highest BCUT2D eigenvalue weighted by molar-refractivity contribution is 6.74. The molecule has 1 atom stereocenters. The van der Waals surface area contributed by atoms with Gasteiger partial charge in [-0.3, -0.25) is 4.98 Å². The molecule has 3 rings (SSSR count). The lowest BCUT2D eigenvalue weighted by atomic mass is 9.95. The molecule has 3 N–H and O–H groups in total. The second-order valence-electron chi connectivity index (χ2n) is 11.3. The monoisotopic (exact) mass is 513 g/mol. The first-order valence-electron chi connectivity index (χ1n) is 12.4. The van der Waals surface area contributed by atoms with Gasteiger partial charge in [0, 0.05) is 22.5 Å². The minimum absolute atomic E-state index is 0.146. The van der Waals surface area contributed by atoms with Crippen molar-refractivity contribution in [2.45, 2.75) is 84.0 Å². The first-order valence-corrected chi connectivity index (χ1v) is 15.7. The standard InChI is InChI=1S/C27H40ClN5OSi/c1-8-9-14-27(5,18-34-35(6,7)26(2,3)4)33-24-22-16-21(15-19-10-12-20(28)13-11-19)30-17-23(22)31-25(29)32-24/h10-13,16-17H,8-9,14-15,18H2,1-7H3,(H3,29,31,32,33)/t27-/m1/s1. The number of nitrogens with zero attached hydrogens (tertiary/aromatic N) is 3. The Balaban J connectivity index is 1.93. The van der Waals surface area contributed by atoms with Gasteiger partial charge >= 0.3 is 0 Å². The number of halogens is 1. The van der Waals surface area contributed by atoms with Crippen molar-refractivity contribution < 1.29 is 4.43 Å². The van der Waals surface area contributed by atoms with Gasteiger partial charge in [0.15, 0.2) is 8.32 Å². The fourth-order valence-electron chi connectivity index (χ4n) is 3.68. The Hall–Kier alpha value is -2.22. The molecule has 3 aromatic rings. The van der Waals surface area contributed by atoms with Crippen LogP contribution in [0.5, 0.6) is 0 Å². The Morgan fingerprint density at radius 1 is 1.09 bits per heavy atom. The normalized spacial score (nSPS) is 14.2. The minimum atomic E-state index is -1.91. The number of nitrogen functional groups attached to an aromatic ring is 1. The molecule has 6 nitrogen and oxygen atoms in total. The predicted molar refractivity (Wildman–Crippen MR) is 151 cm³/mol. The molecule has 0 amide bonds. The van der Waals surface area contributed by atoms with Crippen LogP contribution in [0.4, 0.5) is 11.8 Å². The number of nitrogens with one attached hydrogen (secondary N) is 1. The summed E-state index contributed by atoms with van der Waals surface area (Å²) in [5.41, 5.74) is 8.60. The van der Waals surface area contributed by atoms with E-state index in [0.29, 0.717) is 13.0 Å². The molecule has 0 saturated heterocycles. The molecule has 0 radical (unpaired) electrons. The smallest absolute Gasteiger partial charge is 0.222 e. The van der Waals surface area contributed by atoms with Crippen molar-refractivity contribution in [2.24, 2.45) is 0 Å². The molecule has 0 aliphatic heterocycles. The Bertz CT molecular complexity index is 1150. The van der Waals surface area contributed by atoms with Crippen molar-refractivity contribution in [1.82, 2.24) is 15.0 Å². The lowest BCUT2D eigenvalue weighted by Crippen LogP contribution is -2.48. The average molecular weight is 514 g/mol. The van der Waals surface area contributed by atoms with Crippen LogP contribution in [0, 0.1) is 0 Å². The van der Waals surface area contributed by atoms with Crippen molar-refractivity contribution in [1.29, 1.82) is 0 Å². The summed E-state index contributed by atoms with van der Waals surface area (Å²) in [5, 5.41) is 5.50. The third-order valence-electron chi connectivity index (χ3n) is 7.01. The third kappa shape index (κ3) is 7.15. The zero-order valence-corrected chi connectivity index (χ0v) is 24.0. The van der Waals surface area contributed by atoms with Crippen LogP contribution in [-0.4, -0.2) is 35.4 Å². The number of aromatic nitrogens is 3. The summed E-state index contributed by atoms with van der Waals surface area (Å²) in [4.78, 5) is 13.7. The van der Waals surface area contributed by atoms with E-state index < -0.39 is 8.32 Å². The molecule has 2 aromatic heterocycles. The molecule has 2 heterocycles. The second kappa shape index (κ2) is 10.8. The van der Waals surface area contributed by atoms with E-state index in [1.54, 1.807) is 6.20 Å². The molecule has 35 heavy (non-hydrogen) atoms. The number of hydrogen-bond donors (Lipinski definition) is 2. The van der Waals surface area contributed by atoms with Crippen LogP contribution in [-0.2, 0) is 10.8 Å². The SMILES string of the molecule is CCCC[C@](C)(CO[Si](C)(C)C(C)(C)C)Nc1nc(N)nc2cnc(Cc3ccc(Cl)cc3)cc12. The third-order valence-corrected chi connectivity index (χ3v) is 11.7. The van der Waals surface area contributed by atoms with E-state index in [1.807, 2.05) is 24.3 Å². The fraction of sp³-hybridized carbons (Fsp3) is 0.519. The zero-order valence-electron chi connectivity index (χ0n) is 22.2. The molecular weight excluding hydrogens is 474 g/mol. The molecule has 0 unspecified atom stereocenters. The molecule has 8 heteroatoms. The van der Waals surface area contributed by atoms with Crippen molar-refractivity contribution in [2.75, 3.05) is 17.7 Å². The van der Waals surface area contributed by atoms with Gasteiger partial charge in [-0.2, -0.15) is 4.98 Å². The Labute approximate surface area is 216 Å². The van der Waals surface area contributed by atoms with Gasteiger partial charge in [0.1, 0.15) is 5.82 Å². The van der Waals surface area contributed by atoms with Crippen molar-refractivity contribution in [3.8, 4) is 0 Å². The maximum absolute atomic E-state index is 6.66. The molecule has 0 bridgehead atoms. The topological polar surface area (TPSA) is 86.0 Å². The molecule has 0 spiro atoms. The molecule has 0 aliphatic rings. The number of pyridine rings is 1. The van der Waals surface area contributed by atoms with Gasteiger partial charge < -0.3 is 15.5 Å². The van der Waals surface area contributed by atoms with Crippen LogP contribution in [0.2, 0.25) is 23.2 Å². The summed E-state index contributed by atoms with van der Waals surface area (Å²) in [6.45, 7) is 16.4. The number of benzene rings is 1. The number of rotatable bonds is 10. The van der Waals surface area contributed by atoms with Gasteiger partial charge in [0.05, 0.1) is 23.9 Å². The van der Waals surface area contributed by atoms with E-state index in [1.165, 1.54) is 0 Å². The Morgan fingerprint density at radius 2 is 1.77 bits per heavy atom. The maximum atomic E-state index is 6.66. The highest BCUT2D eigenvalue weighted by Gasteiger charge is 2.39. The summed E-state index contributed by atoms with van der Waals surface area (Å²) >= 11 is 6.04. The highest BCUT2D eigenvalue weighted by atomic mass is 35.5. The van der Waals surface area contributed by atoms with Crippen molar-refractivity contribution in [3.63, 3.8) is 0 Å². The quantitative estimate of drug-likeness (QED) is 0.278. The van der Waals surface area contributed by atoms with Gasteiger partial charge in [0.25, 0.3) is 0 Å². The van der Waals surface area contributed by atoms with Crippen LogP contribution in [0.15, 0.2) is 36.5 Å². The first-order chi connectivity index (χ1) is 16.3. The number of unbranched alkanes of at least 4 members (excludes halogenated alkanes) is 1. The average Bonchev–Trinajstić information content (AvgIpc) is 2.78. The summed E-state index contributed by atoms with van der Waals surface area (Å²) in [5.74, 6) is 0.958. The van der Waals surface area contributed by atoms with Gasteiger partial charge in [-0.25, -0.2) is 4.98 Å². The van der Waals surface area contributed by atoms with Crippen LogP contribution < -0.4 is 11.1 Å². The molecule has 0 saturated carbocycles. The van der Waals surface area contributed by atoms with E-state index in [2.05, 4.69) is 74.0 Å². The summed E-state index contributed by atoms with van der Waals surface area (Å²) in [6, 6.07) is 9.90. The molecule has 1 aromatic carbocycles. The van der Waals surface area contributed by atoms with E-state index in [0.717, 1.165) is 52.3 Å². The van der Waals surface area contributed by atoms with Crippen LogP contribution in [0.25, 0.3) is 10.9 Å². The zero-order chi connectivity index (χ0) is 25.9. The van der Waals surface area contributed by atoms with E-state index in [9.17, 15) is 0 Å². The van der Waals surface area contributed by atoms with E-state index >= 15 is 0 Å².